The lowest BCUT2D eigenvalue weighted by Gasteiger charge is -2.12. The van der Waals surface area contributed by atoms with Gasteiger partial charge in [-0.2, -0.15) is 0 Å². The van der Waals surface area contributed by atoms with E-state index in [2.05, 4.69) is 15.6 Å². The van der Waals surface area contributed by atoms with E-state index < -0.39 is 0 Å². The van der Waals surface area contributed by atoms with E-state index >= 15 is 0 Å². The van der Waals surface area contributed by atoms with E-state index in [0.29, 0.717) is 44.1 Å². The van der Waals surface area contributed by atoms with Gasteiger partial charge in [0.15, 0.2) is 5.96 Å². The molecular weight excluding hydrogens is 273 g/mol. The lowest BCUT2D eigenvalue weighted by Crippen LogP contribution is -2.37. The minimum absolute atomic E-state index is 0.200. The first kappa shape index (κ1) is 16.9. The van der Waals surface area contributed by atoms with Gasteiger partial charge in [-0.05, 0) is 19.4 Å². The molecule has 0 radical (unpaired) electrons. The lowest BCUT2D eigenvalue weighted by molar-refractivity contribution is -0.143. The third-order valence-electron chi connectivity index (χ3n) is 2.78. The van der Waals surface area contributed by atoms with Crippen molar-refractivity contribution in [3.05, 3.63) is 35.6 Å². The second-order valence-electron chi connectivity index (χ2n) is 4.35. The Hall–Kier alpha value is -2.11. The molecule has 0 saturated carbocycles. The molecule has 0 bridgehead atoms. The Morgan fingerprint density at radius 1 is 1.33 bits per heavy atom. The molecule has 0 amide bonds. The highest BCUT2D eigenvalue weighted by Crippen LogP contribution is 2.05. The van der Waals surface area contributed by atoms with E-state index in [4.69, 9.17) is 4.74 Å². The number of benzene rings is 1. The van der Waals surface area contributed by atoms with Crippen molar-refractivity contribution < 1.29 is 13.9 Å². The minimum atomic E-state index is -0.247. The van der Waals surface area contributed by atoms with Crippen LogP contribution in [0.5, 0.6) is 0 Å². The molecule has 116 valence electrons. The number of halogens is 1. The van der Waals surface area contributed by atoms with Crippen molar-refractivity contribution in [2.24, 2.45) is 4.99 Å². The van der Waals surface area contributed by atoms with Crippen LogP contribution in [0.3, 0.4) is 0 Å². The molecule has 1 rings (SSSR count). The first-order chi connectivity index (χ1) is 10.2. The minimum Gasteiger partial charge on any atom is -0.466 e. The van der Waals surface area contributed by atoms with Gasteiger partial charge in [-0.1, -0.05) is 18.2 Å². The standard InChI is InChI=1S/C15H22FN3O2/c1-3-21-14(20)9-6-10-18-15(17-2)19-11-12-7-4-5-8-13(12)16/h4-5,7-8H,3,6,9-11H2,1-2H3,(H2,17,18,19). The Kier molecular flexibility index (Phi) is 7.86. The van der Waals surface area contributed by atoms with Crippen LogP contribution in [0.4, 0.5) is 4.39 Å². The molecular formula is C15H22FN3O2. The smallest absolute Gasteiger partial charge is 0.305 e. The fraction of sp³-hybridized carbons (Fsp3) is 0.467. The Morgan fingerprint density at radius 2 is 2.10 bits per heavy atom. The maximum Gasteiger partial charge on any atom is 0.305 e. The van der Waals surface area contributed by atoms with Crippen molar-refractivity contribution in [2.45, 2.75) is 26.3 Å². The molecule has 2 N–H and O–H groups in total. The summed E-state index contributed by atoms with van der Waals surface area (Å²) in [6, 6.07) is 6.58. The number of rotatable bonds is 7. The van der Waals surface area contributed by atoms with Gasteiger partial charge in [0.2, 0.25) is 0 Å². The molecule has 0 atom stereocenters. The topological polar surface area (TPSA) is 62.7 Å². The zero-order valence-corrected chi connectivity index (χ0v) is 12.5. The molecule has 0 aromatic heterocycles. The molecule has 0 aliphatic carbocycles. The quantitative estimate of drug-likeness (QED) is 0.349. The van der Waals surface area contributed by atoms with Crippen LogP contribution in [0, 0.1) is 5.82 Å². The fourth-order valence-corrected chi connectivity index (χ4v) is 1.71. The van der Waals surface area contributed by atoms with Gasteiger partial charge in [0.1, 0.15) is 5.82 Å². The van der Waals surface area contributed by atoms with Gasteiger partial charge < -0.3 is 15.4 Å². The van der Waals surface area contributed by atoms with Gasteiger partial charge in [0, 0.05) is 32.1 Å². The summed E-state index contributed by atoms with van der Waals surface area (Å²) in [7, 11) is 1.64. The van der Waals surface area contributed by atoms with Crippen LogP contribution in [0.1, 0.15) is 25.3 Å². The molecule has 5 nitrogen and oxygen atoms in total. The van der Waals surface area contributed by atoms with Crippen molar-refractivity contribution in [1.29, 1.82) is 0 Å². The number of ether oxygens (including phenoxy) is 1. The summed E-state index contributed by atoms with van der Waals surface area (Å²) in [6.07, 6.45) is 1.02. The van der Waals surface area contributed by atoms with Crippen LogP contribution < -0.4 is 10.6 Å². The monoisotopic (exact) mass is 295 g/mol. The van der Waals surface area contributed by atoms with Crippen LogP contribution in [-0.4, -0.2) is 32.1 Å². The van der Waals surface area contributed by atoms with E-state index in [1.807, 2.05) is 0 Å². The highest BCUT2D eigenvalue weighted by atomic mass is 19.1. The Balaban J connectivity index is 2.27. The van der Waals surface area contributed by atoms with Gasteiger partial charge in [-0.15, -0.1) is 0 Å². The average Bonchev–Trinajstić information content (AvgIpc) is 2.48. The lowest BCUT2D eigenvalue weighted by atomic mass is 10.2. The molecule has 6 heteroatoms. The second-order valence-corrected chi connectivity index (χ2v) is 4.35. The van der Waals surface area contributed by atoms with Gasteiger partial charge in [-0.25, -0.2) is 4.39 Å². The number of carbonyl (C=O) groups is 1. The van der Waals surface area contributed by atoms with E-state index in [1.165, 1.54) is 6.07 Å². The predicted octanol–water partition coefficient (Wildman–Crippen LogP) is 1.83. The summed E-state index contributed by atoms with van der Waals surface area (Å²) < 4.78 is 18.3. The first-order valence-electron chi connectivity index (χ1n) is 7.01. The molecule has 0 heterocycles. The Morgan fingerprint density at radius 3 is 2.76 bits per heavy atom. The normalized spacial score (nSPS) is 11.1. The highest BCUT2D eigenvalue weighted by Gasteiger charge is 2.04. The molecule has 0 unspecified atom stereocenters. The van der Waals surface area contributed by atoms with Crippen LogP contribution in [-0.2, 0) is 16.1 Å². The largest absolute Gasteiger partial charge is 0.466 e. The number of hydrogen-bond donors (Lipinski definition) is 2. The molecule has 0 fully saturated rings. The molecule has 1 aromatic carbocycles. The average molecular weight is 295 g/mol. The molecule has 0 aliphatic heterocycles. The van der Waals surface area contributed by atoms with E-state index in [-0.39, 0.29) is 11.8 Å². The van der Waals surface area contributed by atoms with Crippen LogP contribution >= 0.6 is 0 Å². The summed E-state index contributed by atoms with van der Waals surface area (Å²) in [5.41, 5.74) is 0.576. The molecule has 0 saturated heterocycles. The molecule has 0 spiro atoms. The van der Waals surface area contributed by atoms with Gasteiger partial charge in [-0.3, -0.25) is 9.79 Å². The zero-order valence-electron chi connectivity index (χ0n) is 12.5. The first-order valence-corrected chi connectivity index (χ1v) is 7.01. The number of aliphatic imine (C=N–C) groups is 1. The van der Waals surface area contributed by atoms with Gasteiger partial charge in [0.05, 0.1) is 6.61 Å². The van der Waals surface area contributed by atoms with Crippen LogP contribution in [0.2, 0.25) is 0 Å². The predicted molar refractivity (Wildman–Crippen MR) is 80.5 cm³/mol. The van der Waals surface area contributed by atoms with Crippen molar-refractivity contribution in [3.63, 3.8) is 0 Å². The number of guanidine groups is 1. The van der Waals surface area contributed by atoms with E-state index in [1.54, 1.807) is 32.2 Å². The van der Waals surface area contributed by atoms with Crippen molar-refractivity contribution in [2.75, 3.05) is 20.2 Å². The molecule has 1 aromatic rings. The van der Waals surface area contributed by atoms with Gasteiger partial charge in [0.25, 0.3) is 0 Å². The zero-order chi connectivity index (χ0) is 15.5. The van der Waals surface area contributed by atoms with Gasteiger partial charge >= 0.3 is 5.97 Å². The van der Waals surface area contributed by atoms with E-state index in [0.717, 1.165) is 0 Å². The molecule has 21 heavy (non-hydrogen) atoms. The SMILES string of the molecule is CCOC(=O)CCCNC(=NC)NCc1ccccc1F. The summed E-state index contributed by atoms with van der Waals surface area (Å²) in [5.74, 6) is 0.124. The third-order valence-corrected chi connectivity index (χ3v) is 2.78. The number of nitrogens with zero attached hydrogens (tertiary/aromatic N) is 1. The summed E-state index contributed by atoms with van der Waals surface area (Å²) in [4.78, 5) is 15.2. The summed E-state index contributed by atoms with van der Waals surface area (Å²) in [6.45, 7) is 3.13. The number of hydrogen-bond acceptors (Lipinski definition) is 3. The summed E-state index contributed by atoms with van der Waals surface area (Å²) in [5, 5.41) is 6.09. The molecule has 0 aliphatic rings. The number of carbonyl (C=O) groups excluding carboxylic acids is 1. The van der Waals surface area contributed by atoms with Crippen molar-refractivity contribution >= 4 is 11.9 Å². The van der Waals surface area contributed by atoms with Crippen LogP contribution in [0.15, 0.2) is 29.3 Å². The van der Waals surface area contributed by atoms with E-state index in [9.17, 15) is 9.18 Å². The maximum absolute atomic E-state index is 13.5. The van der Waals surface area contributed by atoms with Crippen molar-refractivity contribution in [3.8, 4) is 0 Å². The Labute approximate surface area is 124 Å². The van der Waals surface area contributed by atoms with Crippen molar-refractivity contribution in [1.82, 2.24) is 10.6 Å². The number of nitrogens with one attached hydrogen (secondary N) is 2. The Bertz CT molecular complexity index is 478. The third kappa shape index (κ3) is 6.74. The summed E-state index contributed by atoms with van der Waals surface area (Å²) >= 11 is 0. The fourth-order valence-electron chi connectivity index (χ4n) is 1.71. The second kappa shape index (κ2) is 9.74. The van der Waals surface area contributed by atoms with Crippen LogP contribution in [0.25, 0.3) is 0 Å². The highest BCUT2D eigenvalue weighted by molar-refractivity contribution is 5.79. The maximum atomic E-state index is 13.5. The number of esters is 1.